The van der Waals surface area contributed by atoms with Gasteiger partial charge < -0.3 is 20.1 Å². The highest BCUT2D eigenvalue weighted by Crippen LogP contribution is 2.14. The summed E-state index contributed by atoms with van der Waals surface area (Å²) in [5.74, 6) is 0.0246. The molecule has 2 rings (SSSR count). The molecule has 0 spiro atoms. The van der Waals surface area contributed by atoms with Crippen LogP contribution in [0.5, 0.6) is 5.75 Å². The maximum absolute atomic E-state index is 13.1. The van der Waals surface area contributed by atoms with Crippen molar-refractivity contribution in [1.29, 1.82) is 0 Å². The second-order valence-corrected chi connectivity index (χ2v) is 7.19. The molecule has 0 saturated carbocycles. The first-order valence-electron chi connectivity index (χ1n) is 8.91. The number of ether oxygens (including phenoxy) is 2. The molecule has 0 saturated heterocycles. The Kier molecular flexibility index (Phi) is 7.37. The van der Waals surface area contributed by atoms with Crippen molar-refractivity contribution in [2.24, 2.45) is 0 Å². The summed E-state index contributed by atoms with van der Waals surface area (Å²) in [6.07, 6.45) is -0.637. The molecule has 0 atom stereocenters. The number of carbonyl (C=O) groups is 2. The summed E-state index contributed by atoms with van der Waals surface area (Å²) in [6, 6.07) is 13.4. The number of hydrogen-bond acceptors (Lipinski definition) is 4. The molecule has 0 aliphatic heterocycles. The Morgan fingerprint density at radius 2 is 1.71 bits per heavy atom. The molecule has 7 heteroatoms. The third-order valence-corrected chi connectivity index (χ3v) is 3.50. The zero-order chi connectivity index (χ0) is 20.6. The lowest BCUT2D eigenvalue weighted by atomic mass is 10.2. The number of carbonyl (C=O) groups excluding carboxylic acids is 2. The molecule has 0 aliphatic carbocycles. The quantitative estimate of drug-likeness (QED) is 0.761. The summed E-state index contributed by atoms with van der Waals surface area (Å²) in [7, 11) is 0. The first kappa shape index (κ1) is 21.2. The number of halogens is 1. The lowest BCUT2D eigenvalue weighted by Crippen LogP contribution is -2.39. The third-order valence-electron chi connectivity index (χ3n) is 3.50. The van der Waals surface area contributed by atoms with Crippen LogP contribution in [-0.4, -0.2) is 24.1 Å². The molecular weight excluding hydrogens is 363 g/mol. The lowest BCUT2D eigenvalue weighted by Gasteiger charge is -2.19. The van der Waals surface area contributed by atoms with Gasteiger partial charge in [0.05, 0.1) is 0 Å². The molecule has 150 valence electrons. The van der Waals surface area contributed by atoms with E-state index in [4.69, 9.17) is 9.47 Å². The van der Waals surface area contributed by atoms with Crippen LogP contribution in [0.15, 0.2) is 48.5 Å². The summed E-state index contributed by atoms with van der Waals surface area (Å²) >= 11 is 0. The fraction of sp³-hybridized carbons (Fsp3) is 0.333. The topological polar surface area (TPSA) is 76.7 Å². The van der Waals surface area contributed by atoms with Gasteiger partial charge in [-0.1, -0.05) is 24.3 Å². The lowest BCUT2D eigenvalue weighted by molar-refractivity contribution is -0.120. The highest BCUT2D eigenvalue weighted by molar-refractivity contribution is 5.82. The molecule has 0 heterocycles. The Morgan fingerprint density at radius 1 is 1.00 bits per heavy atom. The zero-order valence-electron chi connectivity index (χ0n) is 16.3. The molecule has 28 heavy (non-hydrogen) atoms. The highest BCUT2D eigenvalue weighted by atomic mass is 19.1. The van der Waals surface area contributed by atoms with E-state index in [1.807, 2.05) is 12.1 Å². The fourth-order valence-electron chi connectivity index (χ4n) is 2.23. The van der Waals surface area contributed by atoms with Crippen LogP contribution >= 0.6 is 0 Å². The average Bonchev–Trinajstić information content (AvgIpc) is 2.62. The minimum absolute atomic E-state index is 0.163. The Bertz CT molecular complexity index is 801. The molecular formula is C21H25FN2O4. The third kappa shape index (κ3) is 8.07. The first-order valence-corrected chi connectivity index (χ1v) is 8.91. The van der Waals surface area contributed by atoms with Crippen molar-refractivity contribution >= 4 is 12.0 Å². The second kappa shape index (κ2) is 9.73. The van der Waals surface area contributed by atoms with Crippen molar-refractivity contribution in [2.45, 2.75) is 39.5 Å². The molecule has 6 nitrogen and oxygen atoms in total. The van der Waals surface area contributed by atoms with E-state index in [0.717, 1.165) is 11.1 Å². The minimum Gasteiger partial charge on any atom is -0.489 e. The van der Waals surface area contributed by atoms with E-state index in [1.165, 1.54) is 12.1 Å². The normalized spacial score (nSPS) is 10.9. The van der Waals surface area contributed by atoms with Gasteiger partial charge in [0.2, 0.25) is 5.91 Å². The molecule has 0 radical (unpaired) electrons. The molecule has 2 aromatic carbocycles. The summed E-state index contributed by atoms with van der Waals surface area (Å²) in [6.45, 7) is 5.67. The number of rotatable bonds is 7. The Labute approximate surface area is 164 Å². The largest absolute Gasteiger partial charge is 0.489 e. The molecule has 0 bridgehead atoms. The van der Waals surface area contributed by atoms with Crippen molar-refractivity contribution in [1.82, 2.24) is 10.6 Å². The van der Waals surface area contributed by atoms with Gasteiger partial charge in [-0.15, -0.1) is 0 Å². The Balaban J connectivity index is 1.72. The van der Waals surface area contributed by atoms with Crippen LogP contribution in [0.4, 0.5) is 9.18 Å². The highest BCUT2D eigenvalue weighted by Gasteiger charge is 2.16. The number of benzene rings is 2. The number of alkyl carbamates (subject to hydrolysis) is 1. The van der Waals surface area contributed by atoms with Gasteiger partial charge in [0.15, 0.2) is 0 Å². The number of amides is 2. The van der Waals surface area contributed by atoms with Gasteiger partial charge in [0.1, 0.15) is 30.3 Å². The van der Waals surface area contributed by atoms with Gasteiger partial charge in [0.25, 0.3) is 0 Å². The standard InChI is InChI=1S/C21H25FN2O4/c1-21(2,3)28-20(26)24-13-19(25)23-12-15-7-9-18(10-8-15)27-14-16-5-4-6-17(22)11-16/h4-11H,12-14H2,1-3H3,(H,23,25)(H,24,26). The van der Waals surface area contributed by atoms with Gasteiger partial charge in [-0.2, -0.15) is 0 Å². The molecule has 2 N–H and O–H groups in total. The molecule has 2 amide bonds. The summed E-state index contributed by atoms with van der Waals surface area (Å²) in [4.78, 5) is 23.3. The van der Waals surface area contributed by atoms with E-state index >= 15 is 0 Å². The number of hydrogen-bond donors (Lipinski definition) is 2. The van der Waals surface area contributed by atoms with Crippen LogP contribution in [0.25, 0.3) is 0 Å². The van der Waals surface area contributed by atoms with Crippen molar-refractivity contribution in [3.8, 4) is 5.75 Å². The monoisotopic (exact) mass is 388 g/mol. The fourth-order valence-corrected chi connectivity index (χ4v) is 2.23. The predicted octanol–water partition coefficient (Wildman–Crippen LogP) is 3.55. The van der Waals surface area contributed by atoms with Gasteiger partial charge >= 0.3 is 6.09 Å². The SMILES string of the molecule is CC(C)(C)OC(=O)NCC(=O)NCc1ccc(OCc2cccc(F)c2)cc1. The molecule has 0 aliphatic rings. The summed E-state index contributed by atoms with van der Waals surface area (Å²) in [5.41, 5.74) is 1.01. The summed E-state index contributed by atoms with van der Waals surface area (Å²) < 4.78 is 23.8. The average molecular weight is 388 g/mol. The second-order valence-electron chi connectivity index (χ2n) is 7.19. The Morgan fingerprint density at radius 3 is 2.36 bits per heavy atom. The van der Waals surface area contributed by atoms with Crippen LogP contribution in [0.3, 0.4) is 0 Å². The first-order chi connectivity index (χ1) is 13.2. The smallest absolute Gasteiger partial charge is 0.408 e. The molecule has 0 unspecified atom stereocenters. The van der Waals surface area contributed by atoms with Crippen molar-refractivity contribution in [2.75, 3.05) is 6.54 Å². The van der Waals surface area contributed by atoms with Gasteiger partial charge in [0, 0.05) is 6.54 Å². The van der Waals surface area contributed by atoms with Gasteiger partial charge in [-0.3, -0.25) is 4.79 Å². The van der Waals surface area contributed by atoms with E-state index in [0.29, 0.717) is 12.3 Å². The predicted molar refractivity (Wildman–Crippen MR) is 103 cm³/mol. The maximum Gasteiger partial charge on any atom is 0.408 e. The molecule has 0 fully saturated rings. The van der Waals surface area contributed by atoms with E-state index in [1.54, 1.807) is 45.0 Å². The van der Waals surface area contributed by atoms with Gasteiger partial charge in [-0.05, 0) is 56.2 Å². The van der Waals surface area contributed by atoms with Crippen LogP contribution in [0, 0.1) is 5.82 Å². The summed E-state index contributed by atoms with van der Waals surface area (Å²) in [5, 5.41) is 5.11. The molecule has 2 aromatic rings. The zero-order valence-corrected chi connectivity index (χ0v) is 16.3. The minimum atomic E-state index is -0.637. The van der Waals surface area contributed by atoms with E-state index in [-0.39, 0.29) is 24.9 Å². The van der Waals surface area contributed by atoms with Crippen molar-refractivity contribution in [3.63, 3.8) is 0 Å². The van der Waals surface area contributed by atoms with Crippen LogP contribution in [0.1, 0.15) is 31.9 Å². The van der Waals surface area contributed by atoms with Gasteiger partial charge in [-0.25, -0.2) is 9.18 Å². The Hall–Kier alpha value is -3.09. The van der Waals surface area contributed by atoms with E-state index in [2.05, 4.69) is 10.6 Å². The molecule has 0 aromatic heterocycles. The van der Waals surface area contributed by atoms with Crippen LogP contribution in [0.2, 0.25) is 0 Å². The van der Waals surface area contributed by atoms with Crippen LogP contribution in [-0.2, 0) is 22.7 Å². The number of nitrogens with one attached hydrogen (secondary N) is 2. The van der Waals surface area contributed by atoms with Crippen LogP contribution < -0.4 is 15.4 Å². The van der Waals surface area contributed by atoms with Crippen molar-refractivity contribution < 1.29 is 23.5 Å². The van der Waals surface area contributed by atoms with E-state index < -0.39 is 11.7 Å². The van der Waals surface area contributed by atoms with Crippen molar-refractivity contribution in [3.05, 3.63) is 65.5 Å². The van der Waals surface area contributed by atoms with E-state index in [9.17, 15) is 14.0 Å². The maximum atomic E-state index is 13.1.